The number of hydrogen-bond acceptors (Lipinski definition) is 4. The average Bonchev–Trinajstić information content (AvgIpc) is 2.72. The molecule has 0 spiro atoms. The lowest BCUT2D eigenvalue weighted by molar-refractivity contribution is -0.377. The van der Waals surface area contributed by atoms with E-state index < -0.39 is 56.2 Å². The second-order valence-electron chi connectivity index (χ2n) is 7.21. The number of nitrogens with one attached hydrogen (secondary N) is 1. The summed E-state index contributed by atoms with van der Waals surface area (Å²) in [5.74, 6) is 0.314. The molecule has 1 atom stereocenters. The van der Waals surface area contributed by atoms with Crippen LogP contribution >= 0.6 is 0 Å². The largest absolute Gasteiger partial charge is 0.495 e. The van der Waals surface area contributed by atoms with E-state index >= 15 is 0 Å². The number of hydrogen-bond donors (Lipinski definition) is 2. The number of ether oxygens (including phenoxy) is 1. The van der Waals surface area contributed by atoms with Crippen LogP contribution in [-0.4, -0.2) is 46.3 Å². The van der Waals surface area contributed by atoms with E-state index in [-0.39, 0.29) is 18.6 Å². The summed E-state index contributed by atoms with van der Waals surface area (Å²) in [6.07, 6.45) is -12.9. The fraction of sp³-hybridized carbons (Fsp3) is 0.333. The molecule has 1 unspecified atom stereocenters. The van der Waals surface area contributed by atoms with Crippen LogP contribution in [0.4, 0.5) is 36.4 Å². The third kappa shape index (κ3) is 5.30. The second-order valence-corrected chi connectivity index (χ2v) is 9.88. The van der Waals surface area contributed by atoms with Crippen molar-refractivity contribution in [3.63, 3.8) is 0 Å². The molecule has 5 nitrogen and oxygen atoms in total. The standard InChI is InChI=1S/C21H20F7NO4S/c1-4-34(3,32)13-7-5-12(6-8-13)9-18(30)29-16-11-15(22)14(10-17(16)33-2)19(31,20(23,24)25)21(26,27)28/h5-8,10-11,31H,3-4,9H2,1-2H3,(H,29,30). The minimum Gasteiger partial charge on any atom is -0.495 e. The molecular formula is C21H20F7NO4S. The Morgan fingerprint density at radius 2 is 1.62 bits per heavy atom. The first kappa shape index (κ1) is 27.4. The number of carbonyl (C=O) groups excluding carboxylic acids is 1. The minimum atomic E-state index is -6.30. The van der Waals surface area contributed by atoms with Crippen molar-refractivity contribution in [2.75, 3.05) is 18.2 Å². The monoisotopic (exact) mass is 515 g/mol. The first-order chi connectivity index (χ1) is 15.5. The molecule has 0 radical (unpaired) electrons. The van der Waals surface area contributed by atoms with Crippen LogP contribution in [-0.2, 0) is 26.3 Å². The fourth-order valence-electron chi connectivity index (χ4n) is 2.97. The third-order valence-electron chi connectivity index (χ3n) is 4.96. The van der Waals surface area contributed by atoms with Crippen LogP contribution in [0.1, 0.15) is 18.1 Å². The van der Waals surface area contributed by atoms with Gasteiger partial charge in [-0.2, -0.15) is 26.3 Å². The maximum Gasteiger partial charge on any atom is 0.430 e. The highest BCUT2D eigenvalue weighted by Gasteiger charge is 2.72. The smallest absolute Gasteiger partial charge is 0.430 e. The molecule has 0 saturated carbocycles. The molecule has 34 heavy (non-hydrogen) atoms. The van der Waals surface area contributed by atoms with Gasteiger partial charge in [0.05, 0.1) is 19.2 Å². The highest BCUT2D eigenvalue weighted by molar-refractivity contribution is 8.00. The summed E-state index contributed by atoms with van der Waals surface area (Å²) in [6.45, 7) is 1.69. The number of alkyl halides is 6. The molecule has 0 aliphatic carbocycles. The van der Waals surface area contributed by atoms with E-state index in [9.17, 15) is 44.8 Å². The van der Waals surface area contributed by atoms with Crippen LogP contribution < -0.4 is 10.1 Å². The number of amides is 1. The van der Waals surface area contributed by atoms with Gasteiger partial charge in [0.1, 0.15) is 11.6 Å². The van der Waals surface area contributed by atoms with E-state index in [4.69, 9.17) is 4.74 Å². The van der Waals surface area contributed by atoms with Crippen LogP contribution in [0, 0.1) is 5.82 Å². The van der Waals surface area contributed by atoms with Crippen molar-refractivity contribution in [1.82, 2.24) is 0 Å². The van der Waals surface area contributed by atoms with Crippen LogP contribution in [0.2, 0.25) is 0 Å². The Morgan fingerprint density at radius 1 is 1.09 bits per heavy atom. The van der Waals surface area contributed by atoms with Gasteiger partial charge >= 0.3 is 12.4 Å². The Balaban J connectivity index is 2.36. The summed E-state index contributed by atoms with van der Waals surface area (Å²) >= 11 is 0. The molecular weight excluding hydrogens is 495 g/mol. The number of carbonyl (C=O) groups is 1. The molecule has 13 heteroatoms. The predicted molar refractivity (Wildman–Crippen MR) is 112 cm³/mol. The van der Waals surface area contributed by atoms with E-state index in [1.807, 2.05) is 0 Å². The summed E-state index contributed by atoms with van der Waals surface area (Å²) in [4.78, 5) is 12.8. The topological polar surface area (TPSA) is 75.6 Å². The van der Waals surface area contributed by atoms with Crippen molar-refractivity contribution in [3.8, 4) is 5.75 Å². The van der Waals surface area contributed by atoms with Crippen molar-refractivity contribution in [2.24, 2.45) is 0 Å². The highest BCUT2D eigenvalue weighted by Crippen LogP contribution is 2.51. The van der Waals surface area contributed by atoms with Gasteiger partial charge in [-0.05, 0) is 39.2 Å². The van der Waals surface area contributed by atoms with Crippen molar-refractivity contribution in [2.45, 2.75) is 36.2 Å². The maximum atomic E-state index is 14.4. The van der Waals surface area contributed by atoms with Crippen molar-refractivity contribution in [1.29, 1.82) is 0 Å². The van der Waals surface area contributed by atoms with E-state index in [1.165, 1.54) is 24.3 Å². The summed E-state index contributed by atoms with van der Waals surface area (Å²) in [5, 5.41) is 11.6. The van der Waals surface area contributed by atoms with E-state index in [1.54, 1.807) is 6.92 Å². The minimum absolute atomic E-state index is 0.0241. The number of aliphatic hydroxyl groups is 1. The molecule has 2 aromatic carbocycles. The molecule has 0 saturated heterocycles. The van der Waals surface area contributed by atoms with E-state index in [0.29, 0.717) is 16.2 Å². The molecule has 1 amide bonds. The lowest BCUT2D eigenvalue weighted by Crippen LogP contribution is -2.54. The molecule has 0 aliphatic rings. The molecule has 0 aromatic heterocycles. The molecule has 0 fully saturated rings. The zero-order valence-corrected chi connectivity index (χ0v) is 18.6. The Labute approximate surface area is 190 Å². The second kappa shape index (κ2) is 9.45. The summed E-state index contributed by atoms with van der Waals surface area (Å²) in [5.41, 5.74) is -7.77. The van der Waals surface area contributed by atoms with Crippen molar-refractivity contribution >= 4 is 27.0 Å². The number of anilines is 1. The quantitative estimate of drug-likeness (QED) is 0.423. The van der Waals surface area contributed by atoms with Gasteiger partial charge in [0.25, 0.3) is 5.60 Å². The van der Waals surface area contributed by atoms with Crippen molar-refractivity contribution in [3.05, 3.63) is 53.3 Å². The lowest BCUT2D eigenvalue weighted by atomic mass is 9.91. The van der Waals surface area contributed by atoms with Gasteiger partial charge in [0.15, 0.2) is 0 Å². The van der Waals surface area contributed by atoms with Gasteiger partial charge < -0.3 is 15.2 Å². The zero-order chi connectivity index (χ0) is 26.1. The van der Waals surface area contributed by atoms with Gasteiger partial charge in [-0.1, -0.05) is 19.1 Å². The summed E-state index contributed by atoms with van der Waals surface area (Å²) in [7, 11) is -1.61. The number of methoxy groups -OCH3 is 1. The number of benzene rings is 2. The van der Waals surface area contributed by atoms with Crippen molar-refractivity contribution < 1.29 is 49.6 Å². The van der Waals surface area contributed by atoms with Gasteiger partial charge in [-0.15, -0.1) is 0 Å². The normalized spacial score (nSPS) is 14.4. The van der Waals surface area contributed by atoms with Crippen LogP contribution in [0.25, 0.3) is 0 Å². The molecule has 0 heterocycles. The van der Waals surface area contributed by atoms with Crippen LogP contribution in [0.5, 0.6) is 5.75 Å². The number of halogens is 7. The zero-order valence-electron chi connectivity index (χ0n) is 17.8. The Hall–Kier alpha value is -2.80. The van der Waals surface area contributed by atoms with E-state index in [0.717, 1.165) is 7.11 Å². The molecule has 188 valence electrons. The Kier molecular flexibility index (Phi) is 7.63. The maximum absolute atomic E-state index is 14.4. The third-order valence-corrected chi connectivity index (χ3v) is 7.02. The van der Waals surface area contributed by atoms with Gasteiger partial charge in [-0.25, -0.2) is 4.39 Å². The highest BCUT2D eigenvalue weighted by atomic mass is 32.2. The predicted octanol–water partition coefficient (Wildman–Crippen LogP) is 4.42. The summed E-state index contributed by atoms with van der Waals surface area (Å²) < 4.78 is 110. The molecule has 0 aliphatic heterocycles. The molecule has 0 bridgehead atoms. The SMILES string of the molecule is C=S(=O)(CC)c1ccc(CC(=O)Nc2cc(F)c(C(O)(C(F)(F)F)C(F)(F)F)cc2OC)cc1. The van der Waals surface area contributed by atoms with Gasteiger partial charge in [-0.3, -0.25) is 9.00 Å². The molecule has 2 aromatic rings. The lowest BCUT2D eigenvalue weighted by Gasteiger charge is -2.33. The first-order valence-corrected chi connectivity index (χ1v) is 11.3. The Morgan fingerprint density at radius 3 is 2.06 bits per heavy atom. The fourth-order valence-corrected chi connectivity index (χ4v) is 3.93. The first-order valence-electron chi connectivity index (χ1n) is 9.45. The average molecular weight is 515 g/mol. The van der Waals surface area contributed by atoms with Crippen LogP contribution in [0.15, 0.2) is 41.3 Å². The van der Waals surface area contributed by atoms with Gasteiger partial charge in [0.2, 0.25) is 5.91 Å². The summed E-state index contributed by atoms with van der Waals surface area (Å²) in [6, 6.07) is 6.20. The van der Waals surface area contributed by atoms with Crippen LogP contribution in [0.3, 0.4) is 0 Å². The van der Waals surface area contributed by atoms with Gasteiger partial charge in [0, 0.05) is 22.3 Å². The molecule has 2 N–H and O–H groups in total. The van der Waals surface area contributed by atoms with E-state index in [2.05, 4.69) is 11.2 Å². The number of rotatable bonds is 7. The molecule has 2 rings (SSSR count). The Bertz CT molecular complexity index is 1140.